The van der Waals surface area contributed by atoms with E-state index in [9.17, 15) is 8.78 Å². The van der Waals surface area contributed by atoms with Crippen LogP contribution >= 0.6 is 0 Å². The molecule has 1 heterocycles. The molecule has 2 nitrogen and oxygen atoms in total. The third kappa shape index (κ3) is 4.41. The Balaban J connectivity index is 1.79. The summed E-state index contributed by atoms with van der Waals surface area (Å²) in [5.41, 5.74) is 2.73. The quantitative estimate of drug-likeness (QED) is 0.838. The van der Waals surface area contributed by atoms with Crippen molar-refractivity contribution in [3.63, 3.8) is 0 Å². The fourth-order valence-electron chi connectivity index (χ4n) is 1.81. The molecule has 0 radical (unpaired) electrons. The van der Waals surface area contributed by atoms with Gasteiger partial charge in [0.1, 0.15) is 11.6 Å². The number of aryl methyl sites for hydroxylation is 1. The molecule has 0 bridgehead atoms. The fourth-order valence-corrected chi connectivity index (χ4v) is 1.81. The molecule has 0 spiro atoms. The van der Waals surface area contributed by atoms with Gasteiger partial charge in [-0.1, -0.05) is 6.07 Å². The van der Waals surface area contributed by atoms with Crippen molar-refractivity contribution in [2.75, 3.05) is 6.54 Å². The number of hydrogen-bond donors (Lipinski definition) is 1. The van der Waals surface area contributed by atoms with Crippen LogP contribution in [0, 0.1) is 18.6 Å². The Morgan fingerprint density at radius 1 is 1.11 bits per heavy atom. The summed E-state index contributed by atoms with van der Waals surface area (Å²) in [7, 11) is 0. The van der Waals surface area contributed by atoms with Gasteiger partial charge in [-0.2, -0.15) is 0 Å². The molecular formula is C15H16F2N2. The van der Waals surface area contributed by atoms with E-state index >= 15 is 0 Å². The van der Waals surface area contributed by atoms with E-state index in [1.54, 1.807) is 0 Å². The van der Waals surface area contributed by atoms with Gasteiger partial charge in [-0.05, 0) is 49.2 Å². The van der Waals surface area contributed by atoms with E-state index in [2.05, 4.69) is 10.3 Å². The van der Waals surface area contributed by atoms with Crippen LogP contribution in [0.25, 0.3) is 0 Å². The highest BCUT2D eigenvalue weighted by Gasteiger charge is 2.00. The number of aromatic nitrogens is 1. The molecule has 1 aromatic carbocycles. The van der Waals surface area contributed by atoms with E-state index < -0.39 is 11.6 Å². The minimum atomic E-state index is -0.532. The van der Waals surface area contributed by atoms with Gasteiger partial charge >= 0.3 is 0 Å². The van der Waals surface area contributed by atoms with Gasteiger partial charge in [-0.15, -0.1) is 0 Å². The Labute approximate surface area is 111 Å². The number of halogens is 2. The summed E-state index contributed by atoms with van der Waals surface area (Å²) < 4.78 is 25.9. The van der Waals surface area contributed by atoms with Crippen molar-refractivity contribution in [1.29, 1.82) is 0 Å². The summed E-state index contributed by atoms with van der Waals surface area (Å²) in [4.78, 5) is 4.27. The lowest BCUT2D eigenvalue weighted by Crippen LogP contribution is -2.17. The van der Waals surface area contributed by atoms with Crippen molar-refractivity contribution in [2.24, 2.45) is 0 Å². The summed E-state index contributed by atoms with van der Waals surface area (Å²) >= 11 is 0. The molecule has 19 heavy (non-hydrogen) atoms. The van der Waals surface area contributed by atoms with E-state index in [0.717, 1.165) is 17.3 Å². The van der Waals surface area contributed by atoms with E-state index in [-0.39, 0.29) is 0 Å². The minimum absolute atomic E-state index is 0.532. The minimum Gasteiger partial charge on any atom is -0.311 e. The van der Waals surface area contributed by atoms with Gasteiger partial charge in [0, 0.05) is 18.8 Å². The van der Waals surface area contributed by atoms with E-state index in [0.29, 0.717) is 25.1 Å². The monoisotopic (exact) mass is 262 g/mol. The van der Waals surface area contributed by atoms with Crippen molar-refractivity contribution < 1.29 is 8.78 Å². The smallest absolute Gasteiger partial charge is 0.126 e. The highest BCUT2D eigenvalue weighted by molar-refractivity contribution is 5.18. The number of pyridine rings is 1. The summed E-state index contributed by atoms with van der Waals surface area (Å²) in [6.45, 7) is 3.29. The predicted molar refractivity (Wildman–Crippen MR) is 70.7 cm³/mol. The van der Waals surface area contributed by atoms with Gasteiger partial charge in [0.2, 0.25) is 0 Å². The van der Waals surface area contributed by atoms with Gasteiger partial charge in [0.25, 0.3) is 0 Å². The molecule has 0 saturated carbocycles. The second kappa shape index (κ2) is 6.38. The number of rotatable bonds is 5. The fraction of sp³-hybridized carbons (Fsp3) is 0.267. The molecule has 0 aliphatic carbocycles. The SMILES string of the molecule is Cc1ccc(CNCCc2cc(F)cc(F)c2)nc1. The highest BCUT2D eigenvalue weighted by Crippen LogP contribution is 2.08. The first kappa shape index (κ1) is 13.6. The van der Waals surface area contributed by atoms with E-state index in [1.165, 1.54) is 12.1 Å². The topological polar surface area (TPSA) is 24.9 Å². The molecular weight excluding hydrogens is 246 g/mol. The Morgan fingerprint density at radius 3 is 2.47 bits per heavy atom. The molecule has 2 aromatic rings. The lowest BCUT2D eigenvalue weighted by atomic mass is 10.1. The van der Waals surface area contributed by atoms with Crippen molar-refractivity contribution >= 4 is 0 Å². The van der Waals surface area contributed by atoms with Gasteiger partial charge < -0.3 is 5.32 Å². The van der Waals surface area contributed by atoms with Crippen LogP contribution in [-0.4, -0.2) is 11.5 Å². The zero-order chi connectivity index (χ0) is 13.7. The lowest BCUT2D eigenvalue weighted by molar-refractivity contribution is 0.577. The molecule has 0 atom stereocenters. The molecule has 0 fully saturated rings. The molecule has 1 N–H and O–H groups in total. The molecule has 100 valence electrons. The van der Waals surface area contributed by atoms with Crippen LogP contribution in [0.2, 0.25) is 0 Å². The average molecular weight is 262 g/mol. The molecule has 0 unspecified atom stereocenters. The summed E-state index contributed by atoms with van der Waals surface area (Å²) in [6, 6.07) is 7.56. The molecule has 0 aliphatic heterocycles. The first-order valence-electron chi connectivity index (χ1n) is 6.21. The predicted octanol–water partition coefficient (Wildman–Crippen LogP) is 3.00. The summed E-state index contributed by atoms with van der Waals surface area (Å²) in [5, 5.41) is 3.20. The standard InChI is InChI=1S/C15H16F2N2/c1-11-2-3-15(19-9-11)10-18-5-4-12-6-13(16)8-14(17)7-12/h2-3,6-9,18H,4-5,10H2,1H3. The zero-order valence-electron chi connectivity index (χ0n) is 10.8. The maximum atomic E-state index is 13.0. The maximum Gasteiger partial charge on any atom is 0.126 e. The average Bonchev–Trinajstić information content (AvgIpc) is 2.36. The third-order valence-corrected chi connectivity index (χ3v) is 2.79. The maximum absolute atomic E-state index is 13.0. The summed E-state index contributed by atoms with van der Waals surface area (Å²) in [6.07, 6.45) is 2.40. The van der Waals surface area contributed by atoms with E-state index in [1.807, 2.05) is 25.3 Å². The van der Waals surface area contributed by atoms with Crippen LogP contribution in [0.1, 0.15) is 16.8 Å². The van der Waals surface area contributed by atoms with Gasteiger partial charge in [0.15, 0.2) is 0 Å². The third-order valence-electron chi connectivity index (χ3n) is 2.79. The van der Waals surface area contributed by atoms with Crippen LogP contribution in [0.5, 0.6) is 0 Å². The molecule has 1 aromatic heterocycles. The van der Waals surface area contributed by atoms with Crippen LogP contribution in [0.15, 0.2) is 36.5 Å². The number of nitrogens with zero attached hydrogens (tertiary/aromatic N) is 1. The Kier molecular flexibility index (Phi) is 4.58. The zero-order valence-corrected chi connectivity index (χ0v) is 10.8. The Morgan fingerprint density at radius 2 is 1.84 bits per heavy atom. The highest BCUT2D eigenvalue weighted by atomic mass is 19.1. The second-order valence-corrected chi connectivity index (χ2v) is 4.53. The van der Waals surface area contributed by atoms with E-state index in [4.69, 9.17) is 0 Å². The molecule has 0 amide bonds. The number of hydrogen-bond acceptors (Lipinski definition) is 2. The van der Waals surface area contributed by atoms with Crippen molar-refractivity contribution in [3.8, 4) is 0 Å². The van der Waals surface area contributed by atoms with Crippen molar-refractivity contribution in [2.45, 2.75) is 19.9 Å². The Bertz CT molecular complexity index is 518. The first-order valence-corrected chi connectivity index (χ1v) is 6.21. The molecule has 4 heteroatoms. The lowest BCUT2D eigenvalue weighted by Gasteiger charge is -2.05. The normalized spacial score (nSPS) is 10.7. The first-order chi connectivity index (χ1) is 9.13. The Hall–Kier alpha value is -1.81. The van der Waals surface area contributed by atoms with Crippen LogP contribution in [-0.2, 0) is 13.0 Å². The summed E-state index contributed by atoms with van der Waals surface area (Å²) in [5.74, 6) is -1.06. The van der Waals surface area contributed by atoms with Gasteiger partial charge in [-0.25, -0.2) is 8.78 Å². The molecule has 0 saturated heterocycles. The van der Waals surface area contributed by atoms with Crippen LogP contribution in [0.4, 0.5) is 8.78 Å². The number of benzene rings is 1. The van der Waals surface area contributed by atoms with Crippen molar-refractivity contribution in [3.05, 3.63) is 65.0 Å². The van der Waals surface area contributed by atoms with Crippen LogP contribution in [0.3, 0.4) is 0 Å². The van der Waals surface area contributed by atoms with Crippen LogP contribution < -0.4 is 5.32 Å². The van der Waals surface area contributed by atoms with Gasteiger partial charge in [-0.3, -0.25) is 4.98 Å². The second-order valence-electron chi connectivity index (χ2n) is 4.53. The molecule has 0 aliphatic rings. The molecule has 2 rings (SSSR count). The van der Waals surface area contributed by atoms with Crippen molar-refractivity contribution in [1.82, 2.24) is 10.3 Å². The number of nitrogens with one attached hydrogen (secondary N) is 1. The largest absolute Gasteiger partial charge is 0.311 e. The van der Waals surface area contributed by atoms with Gasteiger partial charge in [0.05, 0.1) is 5.69 Å².